The van der Waals surface area contributed by atoms with Gasteiger partial charge in [0.05, 0.1) is 6.54 Å². The largest absolute Gasteiger partial charge is 0.507 e. The molecule has 4 nitrogen and oxygen atoms in total. The van der Waals surface area contributed by atoms with E-state index in [9.17, 15) is 9.90 Å². The number of likely N-dealkylation sites (N-methyl/N-ethyl adjacent to an activating group) is 1. The molecule has 1 amide bonds. The zero-order valence-corrected chi connectivity index (χ0v) is 11.1. The zero-order chi connectivity index (χ0) is 14.0. The molecule has 2 aromatic rings. The fourth-order valence-corrected chi connectivity index (χ4v) is 2.23. The van der Waals surface area contributed by atoms with Gasteiger partial charge in [-0.2, -0.15) is 0 Å². The van der Waals surface area contributed by atoms with Crippen LogP contribution < -0.4 is 5.73 Å². The van der Waals surface area contributed by atoms with Crippen LogP contribution in [0.2, 0.25) is 0 Å². The lowest BCUT2D eigenvalue weighted by atomic mass is 10.0. The summed E-state index contributed by atoms with van der Waals surface area (Å²) in [5.74, 6) is -0.114. The van der Waals surface area contributed by atoms with Crippen LogP contribution in [0.25, 0.3) is 10.8 Å². The Morgan fingerprint density at radius 2 is 2.00 bits per heavy atom. The molecule has 0 heterocycles. The van der Waals surface area contributed by atoms with Crippen LogP contribution in [0.4, 0.5) is 0 Å². The lowest BCUT2D eigenvalue weighted by molar-refractivity contribution is -0.119. The Kier molecular flexibility index (Phi) is 3.71. The molecule has 2 rings (SSSR count). The summed E-state index contributed by atoms with van der Waals surface area (Å²) in [6.07, 6.45) is 0. The predicted molar refractivity (Wildman–Crippen MR) is 75.9 cm³/mol. The van der Waals surface area contributed by atoms with Crippen molar-refractivity contribution in [3.8, 4) is 5.75 Å². The second kappa shape index (κ2) is 5.28. The summed E-state index contributed by atoms with van der Waals surface area (Å²) in [5, 5.41) is 12.2. The number of carbonyl (C=O) groups excluding carboxylic acids is 1. The quantitative estimate of drug-likeness (QED) is 0.881. The Labute approximate surface area is 112 Å². The topological polar surface area (TPSA) is 66.6 Å². The highest BCUT2D eigenvalue weighted by molar-refractivity contribution is 5.89. The number of benzene rings is 2. The van der Waals surface area contributed by atoms with E-state index in [1.54, 1.807) is 0 Å². The van der Waals surface area contributed by atoms with E-state index in [0.717, 1.165) is 16.3 Å². The van der Waals surface area contributed by atoms with Crippen LogP contribution in [0, 0.1) is 0 Å². The molecule has 1 atom stereocenters. The highest BCUT2D eigenvalue weighted by atomic mass is 16.3. The highest BCUT2D eigenvalue weighted by Gasteiger charge is 2.17. The first-order valence-corrected chi connectivity index (χ1v) is 6.20. The number of carbonyl (C=O) groups is 1. The van der Waals surface area contributed by atoms with Crippen LogP contribution in [0.5, 0.6) is 5.75 Å². The van der Waals surface area contributed by atoms with Gasteiger partial charge in [0, 0.05) is 17.0 Å². The van der Waals surface area contributed by atoms with Crippen molar-refractivity contribution >= 4 is 16.7 Å². The third kappa shape index (κ3) is 2.69. The molecule has 0 aliphatic carbocycles. The Morgan fingerprint density at radius 3 is 2.68 bits per heavy atom. The smallest absolute Gasteiger partial charge is 0.231 e. The molecule has 0 fully saturated rings. The van der Waals surface area contributed by atoms with Gasteiger partial charge in [-0.25, -0.2) is 0 Å². The number of phenols is 1. The Morgan fingerprint density at radius 1 is 1.32 bits per heavy atom. The fraction of sp³-hybridized carbons (Fsp3) is 0.267. The summed E-state index contributed by atoms with van der Waals surface area (Å²) in [6, 6.07) is 11.4. The van der Waals surface area contributed by atoms with Crippen molar-refractivity contribution in [1.29, 1.82) is 0 Å². The number of hydrogen-bond donors (Lipinski definition) is 2. The summed E-state index contributed by atoms with van der Waals surface area (Å²) in [7, 11) is 1.81. The van der Waals surface area contributed by atoms with E-state index in [1.807, 2.05) is 55.3 Å². The van der Waals surface area contributed by atoms with Gasteiger partial charge in [-0.1, -0.05) is 36.4 Å². The van der Waals surface area contributed by atoms with Crippen LogP contribution in [-0.4, -0.2) is 29.5 Å². The molecule has 0 bridgehead atoms. The minimum absolute atomic E-state index is 0.0860. The van der Waals surface area contributed by atoms with E-state index in [-0.39, 0.29) is 24.2 Å². The average Bonchev–Trinajstić information content (AvgIpc) is 2.38. The number of hydrogen-bond acceptors (Lipinski definition) is 3. The summed E-state index contributed by atoms with van der Waals surface area (Å²) >= 11 is 0. The third-order valence-electron chi connectivity index (χ3n) is 3.45. The normalized spacial score (nSPS) is 12.8. The molecule has 0 spiro atoms. The molecule has 3 N–H and O–H groups in total. The van der Waals surface area contributed by atoms with E-state index < -0.39 is 0 Å². The SMILES string of the molecule is CC(c1ccc2ccccc2c1O)N(C)CC(N)=O. The second-order valence-corrected chi connectivity index (χ2v) is 4.78. The molecular weight excluding hydrogens is 240 g/mol. The third-order valence-corrected chi connectivity index (χ3v) is 3.45. The number of nitrogens with zero attached hydrogens (tertiary/aromatic N) is 1. The molecule has 0 saturated heterocycles. The highest BCUT2D eigenvalue weighted by Crippen LogP contribution is 2.34. The number of aromatic hydroxyl groups is 1. The molecule has 0 aliphatic heterocycles. The van der Waals surface area contributed by atoms with Crippen molar-refractivity contribution in [1.82, 2.24) is 4.90 Å². The second-order valence-electron chi connectivity index (χ2n) is 4.78. The van der Waals surface area contributed by atoms with E-state index in [0.29, 0.717) is 0 Å². The molecular formula is C15H18N2O2. The zero-order valence-electron chi connectivity index (χ0n) is 11.1. The molecule has 2 aromatic carbocycles. The van der Waals surface area contributed by atoms with Gasteiger partial charge >= 0.3 is 0 Å². The van der Waals surface area contributed by atoms with Crippen LogP contribution in [0.3, 0.4) is 0 Å². The van der Waals surface area contributed by atoms with Crippen molar-refractivity contribution < 1.29 is 9.90 Å². The van der Waals surface area contributed by atoms with Crippen LogP contribution in [0.15, 0.2) is 36.4 Å². The van der Waals surface area contributed by atoms with E-state index in [4.69, 9.17) is 5.73 Å². The molecule has 0 aliphatic rings. The van der Waals surface area contributed by atoms with Gasteiger partial charge in [-0.05, 0) is 19.4 Å². The predicted octanol–water partition coefficient (Wildman–Crippen LogP) is 2.02. The minimum atomic E-state index is -0.380. The van der Waals surface area contributed by atoms with E-state index >= 15 is 0 Å². The summed E-state index contributed by atoms with van der Waals surface area (Å²) in [4.78, 5) is 12.8. The lowest BCUT2D eigenvalue weighted by Gasteiger charge is -2.24. The van der Waals surface area contributed by atoms with Crippen LogP contribution in [0.1, 0.15) is 18.5 Å². The molecule has 0 saturated carbocycles. The first kappa shape index (κ1) is 13.4. The van der Waals surface area contributed by atoms with Gasteiger partial charge in [0.2, 0.25) is 5.91 Å². The molecule has 0 radical (unpaired) electrons. The number of primary amides is 1. The molecule has 19 heavy (non-hydrogen) atoms. The van der Waals surface area contributed by atoms with Crippen LogP contribution >= 0.6 is 0 Å². The van der Waals surface area contributed by atoms with Crippen LogP contribution in [-0.2, 0) is 4.79 Å². The molecule has 4 heteroatoms. The van der Waals surface area contributed by atoms with Gasteiger partial charge in [-0.15, -0.1) is 0 Å². The number of rotatable bonds is 4. The van der Waals surface area contributed by atoms with Crippen molar-refractivity contribution in [2.45, 2.75) is 13.0 Å². The van der Waals surface area contributed by atoms with Gasteiger partial charge < -0.3 is 10.8 Å². The maximum absolute atomic E-state index is 11.0. The monoisotopic (exact) mass is 258 g/mol. The fourth-order valence-electron chi connectivity index (χ4n) is 2.23. The van der Waals surface area contributed by atoms with Crippen molar-refractivity contribution in [2.24, 2.45) is 5.73 Å². The van der Waals surface area contributed by atoms with E-state index in [2.05, 4.69) is 0 Å². The Balaban J connectivity index is 2.39. The maximum Gasteiger partial charge on any atom is 0.231 e. The summed E-state index contributed by atoms with van der Waals surface area (Å²) in [6.45, 7) is 2.10. The van der Waals surface area contributed by atoms with Gasteiger partial charge in [0.15, 0.2) is 0 Å². The maximum atomic E-state index is 11.0. The average molecular weight is 258 g/mol. The van der Waals surface area contributed by atoms with Gasteiger partial charge in [-0.3, -0.25) is 9.69 Å². The Bertz CT molecular complexity index is 610. The van der Waals surface area contributed by atoms with Gasteiger partial charge in [0.1, 0.15) is 5.75 Å². The minimum Gasteiger partial charge on any atom is -0.507 e. The number of phenolic OH excluding ortho intramolecular Hbond substituents is 1. The summed E-state index contributed by atoms with van der Waals surface area (Å²) < 4.78 is 0. The first-order valence-electron chi connectivity index (χ1n) is 6.20. The molecule has 100 valence electrons. The first-order chi connectivity index (χ1) is 9.00. The van der Waals surface area contributed by atoms with Crippen molar-refractivity contribution in [2.75, 3.05) is 13.6 Å². The number of amides is 1. The summed E-state index contributed by atoms with van der Waals surface area (Å²) in [5.41, 5.74) is 5.99. The van der Waals surface area contributed by atoms with Gasteiger partial charge in [0.25, 0.3) is 0 Å². The van der Waals surface area contributed by atoms with Crippen molar-refractivity contribution in [3.63, 3.8) is 0 Å². The lowest BCUT2D eigenvalue weighted by Crippen LogP contribution is -2.32. The van der Waals surface area contributed by atoms with E-state index in [1.165, 1.54) is 0 Å². The molecule has 0 aromatic heterocycles. The standard InChI is InChI=1S/C15H18N2O2/c1-10(17(2)9-14(16)18)12-8-7-11-5-3-4-6-13(11)15(12)19/h3-8,10,19H,9H2,1-2H3,(H2,16,18). The van der Waals surface area contributed by atoms with Crippen molar-refractivity contribution in [3.05, 3.63) is 42.0 Å². The Hall–Kier alpha value is -2.07. The number of fused-ring (bicyclic) bond motifs is 1. The molecule has 1 unspecified atom stereocenters. The number of nitrogens with two attached hydrogens (primary N) is 1.